The summed E-state index contributed by atoms with van der Waals surface area (Å²) in [6, 6.07) is 8.14. The summed E-state index contributed by atoms with van der Waals surface area (Å²) < 4.78 is 85.1. The van der Waals surface area contributed by atoms with Crippen LogP contribution in [0.5, 0.6) is 5.75 Å². The number of rotatable bonds is 7. The molecule has 2 aromatic carbocycles. The van der Waals surface area contributed by atoms with Gasteiger partial charge in [0.1, 0.15) is 11.6 Å². The van der Waals surface area contributed by atoms with E-state index in [0.29, 0.717) is 29.2 Å². The van der Waals surface area contributed by atoms with Gasteiger partial charge in [-0.2, -0.15) is 26.3 Å². The lowest BCUT2D eigenvalue weighted by atomic mass is 10.0. The predicted octanol–water partition coefficient (Wildman–Crippen LogP) is 5.91. The smallest absolute Gasteiger partial charge is 0.419 e. The van der Waals surface area contributed by atoms with Gasteiger partial charge in [-0.05, 0) is 66.8 Å². The van der Waals surface area contributed by atoms with Crippen molar-refractivity contribution in [3.63, 3.8) is 0 Å². The van der Waals surface area contributed by atoms with Gasteiger partial charge in [0.2, 0.25) is 0 Å². The van der Waals surface area contributed by atoms with Crippen molar-refractivity contribution in [2.75, 3.05) is 19.7 Å². The van der Waals surface area contributed by atoms with Crippen LogP contribution in [0.4, 0.5) is 26.3 Å². The van der Waals surface area contributed by atoms with Crippen LogP contribution in [0.3, 0.4) is 0 Å². The maximum Gasteiger partial charge on any atom is 0.419 e. The Kier molecular flexibility index (Phi) is 8.22. The molecular formula is C27H27F6N5O. The van der Waals surface area contributed by atoms with Gasteiger partial charge in [0.05, 0.1) is 30.3 Å². The SMILES string of the molecule is N=C(N)N1CCCC1C1=NCC=C(c2ccc(OCC/C=C/c3ccc(C(F)(F)F)cc3)c(C(F)(F)F)c2)N1. The summed E-state index contributed by atoms with van der Waals surface area (Å²) >= 11 is 0. The molecule has 0 bridgehead atoms. The number of hydrogen-bond donors (Lipinski definition) is 3. The first kappa shape index (κ1) is 28.1. The third-order valence-corrected chi connectivity index (χ3v) is 6.38. The van der Waals surface area contributed by atoms with Crippen LogP contribution in [-0.2, 0) is 12.4 Å². The van der Waals surface area contributed by atoms with Crippen molar-refractivity contribution in [3.8, 4) is 5.75 Å². The Labute approximate surface area is 221 Å². The van der Waals surface area contributed by atoms with E-state index in [1.54, 1.807) is 23.1 Å². The molecule has 39 heavy (non-hydrogen) atoms. The molecule has 1 atom stereocenters. The topological polar surface area (TPSA) is 86.7 Å². The van der Waals surface area contributed by atoms with E-state index in [1.165, 1.54) is 24.3 Å². The van der Waals surface area contributed by atoms with E-state index in [4.69, 9.17) is 15.9 Å². The van der Waals surface area contributed by atoms with Gasteiger partial charge in [0, 0.05) is 12.2 Å². The zero-order chi connectivity index (χ0) is 28.2. The van der Waals surface area contributed by atoms with Gasteiger partial charge in [0.15, 0.2) is 5.96 Å². The number of hydrogen-bond acceptors (Lipinski definition) is 4. The molecule has 6 nitrogen and oxygen atoms in total. The fourth-order valence-electron chi connectivity index (χ4n) is 4.47. The van der Waals surface area contributed by atoms with Gasteiger partial charge in [-0.25, -0.2) is 0 Å². The van der Waals surface area contributed by atoms with Crippen molar-refractivity contribution in [1.29, 1.82) is 5.41 Å². The lowest BCUT2D eigenvalue weighted by Crippen LogP contribution is -2.48. The fraction of sp³-hybridized carbons (Fsp3) is 0.333. The van der Waals surface area contributed by atoms with Crippen molar-refractivity contribution in [2.24, 2.45) is 10.7 Å². The molecule has 2 aliphatic heterocycles. The summed E-state index contributed by atoms with van der Waals surface area (Å²) in [7, 11) is 0. The number of aliphatic imine (C=N–C) groups is 1. The van der Waals surface area contributed by atoms with Crippen LogP contribution in [0.15, 0.2) is 59.6 Å². The van der Waals surface area contributed by atoms with Gasteiger partial charge in [-0.3, -0.25) is 10.4 Å². The summed E-state index contributed by atoms with van der Waals surface area (Å²) in [5.74, 6) is 0.167. The van der Waals surface area contributed by atoms with E-state index >= 15 is 0 Å². The summed E-state index contributed by atoms with van der Waals surface area (Å²) in [5, 5.41) is 10.9. The monoisotopic (exact) mass is 551 g/mol. The quantitative estimate of drug-likeness (QED) is 0.173. The number of ether oxygens (including phenoxy) is 1. The average Bonchev–Trinajstić information content (AvgIpc) is 3.38. The van der Waals surface area contributed by atoms with E-state index < -0.39 is 23.5 Å². The second-order valence-corrected chi connectivity index (χ2v) is 9.07. The predicted molar refractivity (Wildman–Crippen MR) is 137 cm³/mol. The highest BCUT2D eigenvalue weighted by atomic mass is 19.4. The molecular weight excluding hydrogens is 524 g/mol. The molecule has 4 N–H and O–H groups in total. The molecule has 208 valence electrons. The maximum absolute atomic E-state index is 13.9. The third kappa shape index (κ3) is 6.92. The summed E-state index contributed by atoms with van der Waals surface area (Å²) in [4.78, 5) is 6.14. The van der Waals surface area contributed by atoms with Crippen LogP contribution in [-0.4, -0.2) is 42.4 Å². The normalized spacial score (nSPS) is 18.1. The number of nitrogens with two attached hydrogens (primary N) is 1. The van der Waals surface area contributed by atoms with Crippen LogP contribution < -0.4 is 15.8 Å². The van der Waals surface area contributed by atoms with Gasteiger partial charge >= 0.3 is 12.4 Å². The number of nitrogens with one attached hydrogen (secondary N) is 2. The van der Waals surface area contributed by atoms with Crippen LogP contribution in [0, 0.1) is 5.41 Å². The number of likely N-dealkylation sites (tertiary alicyclic amines) is 1. The molecule has 1 fully saturated rings. The third-order valence-electron chi connectivity index (χ3n) is 6.38. The molecule has 1 unspecified atom stereocenters. The molecule has 0 saturated carbocycles. The van der Waals surface area contributed by atoms with E-state index in [2.05, 4.69) is 10.3 Å². The Balaban J connectivity index is 1.40. The highest BCUT2D eigenvalue weighted by Crippen LogP contribution is 2.38. The minimum atomic E-state index is -4.66. The second-order valence-electron chi connectivity index (χ2n) is 9.07. The molecule has 1 saturated heterocycles. The van der Waals surface area contributed by atoms with E-state index in [1.807, 2.05) is 0 Å². The van der Waals surface area contributed by atoms with E-state index in [9.17, 15) is 26.3 Å². The van der Waals surface area contributed by atoms with Crippen molar-refractivity contribution in [1.82, 2.24) is 10.2 Å². The number of halogens is 6. The molecule has 12 heteroatoms. The minimum Gasteiger partial charge on any atom is -0.493 e. The molecule has 0 aromatic heterocycles. The van der Waals surface area contributed by atoms with Crippen molar-refractivity contribution in [3.05, 3.63) is 76.9 Å². The second kappa shape index (κ2) is 11.4. The maximum atomic E-state index is 13.9. The molecule has 4 rings (SSSR count). The van der Waals surface area contributed by atoms with Crippen LogP contribution >= 0.6 is 0 Å². The number of guanidine groups is 1. The molecule has 0 radical (unpaired) electrons. The Bertz CT molecular complexity index is 1280. The summed E-state index contributed by atoms with van der Waals surface area (Å²) in [6.45, 7) is 0.841. The molecule has 0 spiro atoms. The van der Waals surface area contributed by atoms with Crippen LogP contribution in [0.25, 0.3) is 11.8 Å². The largest absolute Gasteiger partial charge is 0.493 e. The zero-order valence-electron chi connectivity index (χ0n) is 20.7. The first-order valence-electron chi connectivity index (χ1n) is 12.2. The minimum absolute atomic E-state index is 0.0557. The molecule has 0 aliphatic carbocycles. The van der Waals surface area contributed by atoms with Gasteiger partial charge in [0.25, 0.3) is 0 Å². The van der Waals surface area contributed by atoms with Crippen molar-refractivity contribution in [2.45, 2.75) is 37.7 Å². The fourth-order valence-corrected chi connectivity index (χ4v) is 4.47. The average molecular weight is 552 g/mol. The zero-order valence-corrected chi connectivity index (χ0v) is 20.7. The summed E-state index contributed by atoms with van der Waals surface area (Å²) in [5.41, 5.74) is 5.31. The van der Waals surface area contributed by atoms with Crippen molar-refractivity contribution < 1.29 is 31.1 Å². The summed E-state index contributed by atoms with van der Waals surface area (Å²) in [6.07, 6.45) is -2.39. The molecule has 2 aliphatic rings. The van der Waals surface area contributed by atoms with Crippen LogP contribution in [0.2, 0.25) is 0 Å². The molecule has 2 aromatic rings. The first-order chi connectivity index (χ1) is 18.4. The number of nitrogens with zero attached hydrogens (tertiary/aromatic N) is 2. The Morgan fingerprint density at radius 1 is 1.10 bits per heavy atom. The standard InChI is InChI=1S/C27H27F6N5O/c28-26(29,30)19-9-6-17(7-10-19)4-1-2-15-39-23-11-8-18(16-20(23)27(31,32)33)21-12-13-36-24(37-21)22-5-3-14-38(22)25(34)35/h1,4,6-12,16,22H,2-3,5,13-15H2,(H3,34,35)(H,36,37)/b4-1+. The van der Waals surface area contributed by atoms with Gasteiger partial charge in [-0.1, -0.05) is 24.3 Å². The highest BCUT2D eigenvalue weighted by molar-refractivity contribution is 5.98. The highest BCUT2D eigenvalue weighted by Gasteiger charge is 2.36. The van der Waals surface area contributed by atoms with E-state index in [0.717, 1.165) is 31.0 Å². The van der Waals surface area contributed by atoms with E-state index in [-0.39, 0.29) is 37.3 Å². The lowest BCUT2D eigenvalue weighted by Gasteiger charge is -2.29. The Hall–Kier alpha value is -3.96. The van der Waals surface area contributed by atoms with Gasteiger partial charge < -0.3 is 20.7 Å². The molecule has 0 amide bonds. The van der Waals surface area contributed by atoms with Crippen molar-refractivity contribution >= 4 is 23.6 Å². The van der Waals surface area contributed by atoms with Crippen LogP contribution in [0.1, 0.15) is 41.5 Å². The Morgan fingerprint density at radius 3 is 2.51 bits per heavy atom. The number of alkyl halides is 6. The number of amidine groups is 1. The number of benzene rings is 2. The lowest BCUT2D eigenvalue weighted by molar-refractivity contribution is -0.139. The first-order valence-corrected chi connectivity index (χ1v) is 12.2. The molecule has 2 heterocycles. The van der Waals surface area contributed by atoms with Gasteiger partial charge in [-0.15, -0.1) is 0 Å². The Morgan fingerprint density at radius 2 is 1.85 bits per heavy atom.